The van der Waals surface area contributed by atoms with Crippen LogP contribution < -0.4 is 15.8 Å². The summed E-state index contributed by atoms with van der Waals surface area (Å²) in [4.78, 5) is 6.84. The Labute approximate surface area is 167 Å². The number of aryl methyl sites for hydroxylation is 2. The van der Waals surface area contributed by atoms with Crippen molar-refractivity contribution < 1.29 is 9.47 Å². The van der Waals surface area contributed by atoms with Gasteiger partial charge in [-0.2, -0.15) is 0 Å². The van der Waals surface area contributed by atoms with Gasteiger partial charge >= 0.3 is 0 Å². The Balaban J connectivity index is 1.55. The number of nitrogens with one attached hydrogen (secondary N) is 1. The molecule has 0 radical (unpaired) electrons. The Morgan fingerprint density at radius 2 is 1.86 bits per heavy atom. The number of rotatable bonds is 7. The highest BCUT2D eigenvalue weighted by atomic mass is 16.5. The number of benzene rings is 2. The predicted molar refractivity (Wildman–Crippen MR) is 114 cm³/mol. The average molecular weight is 383 g/mol. The van der Waals surface area contributed by atoms with Gasteiger partial charge in [0.1, 0.15) is 12.4 Å². The summed E-state index contributed by atoms with van der Waals surface area (Å²) < 4.78 is 11.4. The minimum atomic E-state index is 0.396. The molecule has 3 rings (SSSR count). The molecule has 2 aromatic rings. The van der Waals surface area contributed by atoms with E-state index in [9.17, 15) is 0 Å². The first-order valence-electron chi connectivity index (χ1n) is 9.76. The number of hydrogen-bond donors (Lipinski definition) is 2. The van der Waals surface area contributed by atoms with Gasteiger partial charge in [-0.05, 0) is 43.2 Å². The average Bonchev–Trinajstić information content (AvgIpc) is 2.67. The van der Waals surface area contributed by atoms with Crippen LogP contribution >= 0.6 is 0 Å². The number of hydrogen-bond acceptors (Lipinski definition) is 4. The maximum Gasteiger partial charge on any atom is 0.193 e. The summed E-state index contributed by atoms with van der Waals surface area (Å²) in [6.07, 6.45) is 0. The Bertz CT molecular complexity index is 781. The lowest BCUT2D eigenvalue weighted by Crippen LogP contribution is -2.38. The molecule has 1 fully saturated rings. The largest absolute Gasteiger partial charge is 0.492 e. The van der Waals surface area contributed by atoms with Crippen LogP contribution in [-0.4, -0.2) is 50.3 Å². The number of para-hydroxylation sites is 1. The molecule has 0 aliphatic carbocycles. The van der Waals surface area contributed by atoms with Crippen molar-refractivity contribution in [1.82, 2.24) is 4.90 Å². The van der Waals surface area contributed by atoms with Crippen molar-refractivity contribution in [3.05, 3.63) is 59.2 Å². The molecule has 0 atom stereocenters. The van der Waals surface area contributed by atoms with Crippen LogP contribution in [0.25, 0.3) is 0 Å². The fourth-order valence-electron chi connectivity index (χ4n) is 3.29. The molecule has 0 aromatic heterocycles. The lowest BCUT2D eigenvalue weighted by Gasteiger charge is -2.26. The highest BCUT2D eigenvalue weighted by Crippen LogP contribution is 2.19. The quantitative estimate of drug-likeness (QED) is 0.569. The molecule has 150 valence electrons. The van der Waals surface area contributed by atoms with E-state index in [1.807, 2.05) is 24.3 Å². The van der Waals surface area contributed by atoms with Gasteiger partial charge in [0.05, 0.1) is 19.8 Å². The molecule has 6 heteroatoms. The van der Waals surface area contributed by atoms with Gasteiger partial charge < -0.3 is 20.5 Å². The molecule has 1 aliphatic rings. The van der Waals surface area contributed by atoms with Gasteiger partial charge in [-0.25, -0.2) is 4.99 Å². The van der Waals surface area contributed by atoms with Crippen LogP contribution in [0, 0.1) is 13.8 Å². The molecule has 0 saturated carbocycles. The molecule has 1 heterocycles. The molecule has 3 N–H and O–H groups in total. The van der Waals surface area contributed by atoms with Crippen LogP contribution in [0.15, 0.2) is 47.5 Å². The molecular formula is C22H30N4O2. The summed E-state index contributed by atoms with van der Waals surface area (Å²) in [5.41, 5.74) is 10.4. The summed E-state index contributed by atoms with van der Waals surface area (Å²) in [5, 5.41) is 3.17. The van der Waals surface area contributed by atoms with Crippen LogP contribution in [0.3, 0.4) is 0 Å². The number of nitrogens with zero attached hydrogens (tertiary/aromatic N) is 2. The van der Waals surface area contributed by atoms with E-state index in [0.29, 0.717) is 19.1 Å². The highest BCUT2D eigenvalue weighted by molar-refractivity contribution is 5.92. The van der Waals surface area contributed by atoms with Gasteiger partial charge in [0.2, 0.25) is 0 Å². The fourth-order valence-corrected chi connectivity index (χ4v) is 3.29. The van der Waals surface area contributed by atoms with E-state index in [4.69, 9.17) is 15.2 Å². The second-order valence-electron chi connectivity index (χ2n) is 7.11. The zero-order chi connectivity index (χ0) is 19.8. The zero-order valence-electron chi connectivity index (χ0n) is 16.8. The van der Waals surface area contributed by atoms with E-state index < -0.39 is 0 Å². The summed E-state index contributed by atoms with van der Waals surface area (Å²) in [5.74, 6) is 1.26. The monoisotopic (exact) mass is 382 g/mol. The van der Waals surface area contributed by atoms with Gasteiger partial charge in [-0.1, -0.05) is 24.3 Å². The Hall–Kier alpha value is -2.57. The predicted octanol–water partition coefficient (Wildman–Crippen LogP) is 2.94. The van der Waals surface area contributed by atoms with Crippen LogP contribution in [0.4, 0.5) is 5.69 Å². The normalized spacial score (nSPS) is 15.4. The lowest BCUT2D eigenvalue weighted by molar-refractivity contribution is 0.0322. The van der Waals surface area contributed by atoms with E-state index in [1.165, 1.54) is 11.1 Å². The van der Waals surface area contributed by atoms with Crippen molar-refractivity contribution in [3.63, 3.8) is 0 Å². The van der Waals surface area contributed by atoms with Crippen LogP contribution in [0.1, 0.15) is 16.7 Å². The lowest BCUT2D eigenvalue weighted by atomic mass is 10.1. The van der Waals surface area contributed by atoms with Crippen molar-refractivity contribution in [3.8, 4) is 5.75 Å². The third-order valence-corrected chi connectivity index (χ3v) is 4.66. The van der Waals surface area contributed by atoms with Gasteiger partial charge in [0.15, 0.2) is 5.96 Å². The molecule has 0 amide bonds. The molecule has 1 saturated heterocycles. The van der Waals surface area contributed by atoms with Crippen molar-refractivity contribution in [1.29, 1.82) is 0 Å². The first kappa shape index (κ1) is 20.2. The van der Waals surface area contributed by atoms with Crippen molar-refractivity contribution in [2.45, 2.75) is 20.4 Å². The molecule has 0 bridgehead atoms. The third-order valence-electron chi connectivity index (χ3n) is 4.66. The van der Waals surface area contributed by atoms with Crippen molar-refractivity contribution >= 4 is 11.6 Å². The second-order valence-corrected chi connectivity index (χ2v) is 7.11. The molecule has 28 heavy (non-hydrogen) atoms. The number of morpholine rings is 1. The third kappa shape index (κ3) is 6.25. The van der Waals surface area contributed by atoms with Crippen LogP contribution in [0.2, 0.25) is 0 Å². The first-order chi connectivity index (χ1) is 13.6. The van der Waals surface area contributed by atoms with Gasteiger partial charge in [-0.15, -0.1) is 0 Å². The minimum Gasteiger partial charge on any atom is -0.492 e. The van der Waals surface area contributed by atoms with E-state index >= 15 is 0 Å². The van der Waals surface area contributed by atoms with E-state index in [0.717, 1.165) is 49.8 Å². The van der Waals surface area contributed by atoms with Gasteiger partial charge in [0, 0.05) is 30.9 Å². The number of anilines is 1. The van der Waals surface area contributed by atoms with E-state index in [1.54, 1.807) is 0 Å². The smallest absolute Gasteiger partial charge is 0.193 e. The molecule has 1 aliphatic heterocycles. The molecule has 0 spiro atoms. The second kappa shape index (κ2) is 10.1. The maximum absolute atomic E-state index is 6.08. The Morgan fingerprint density at radius 1 is 1.14 bits per heavy atom. The minimum absolute atomic E-state index is 0.396. The van der Waals surface area contributed by atoms with Crippen molar-refractivity contribution in [2.24, 2.45) is 10.7 Å². The van der Waals surface area contributed by atoms with Gasteiger partial charge in [0.25, 0.3) is 0 Å². The Kier molecular flexibility index (Phi) is 7.28. The van der Waals surface area contributed by atoms with Crippen LogP contribution in [-0.2, 0) is 11.3 Å². The maximum atomic E-state index is 6.08. The standard InChI is InChI=1S/C22H30N4O2/c1-17-13-18(2)15-20(14-17)25-22(23)24-16-19-5-3-4-6-21(19)28-12-9-26-7-10-27-11-8-26/h3-6,13-15H,7-12,16H2,1-2H3,(H3,23,24,25). The van der Waals surface area contributed by atoms with Crippen LogP contribution in [0.5, 0.6) is 5.75 Å². The van der Waals surface area contributed by atoms with E-state index in [2.05, 4.69) is 47.3 Å². The topological polar surface area (TPSA) is 72.1 Å². The zero-order valence-corrected chi connectivity index (χ0v) is 16.8. The molecule has 2 aromatic carbocycles. The summed E-state index contributed by atoms with van der Waals surface area (Å²) in [6.45, 7) is 9.69. The number of aliphatic imine (C=N–C) groups is 1. The molecule has 6 nitrogen and oxygen atoms in total. The molecular weight excluding hydrogens is 352 g/mol. The summed E-state index contributed by atoms with van der Waals surface area (Å²) >= 11 is 0. The summed E-state index contributed by atoms with van der Waals surface area (Å²) in [7, 11) is 0. The number of ether oxygens (including phenoxy) is 2. The summed E-state index contributed by atoms with van der Waals surface area (Å²) in [6, 6.07) is 14.2. The number of guanidine groups is 1. The van der Waals surface area contributed by atoms with Crippen molar-refractivity contribution in [2.75, 3.05) is 44.8 Å². The van der Waals surface area contributed by atoms with Gasteiger partial charge in [-0.3, -0.25) is 4.90 Å². The fraction of sp³-hybridized carbons (Fsp3) is 0.409. The number of nitrogens with two attached hydrogens (primary N) is 1. The molecule has 0 unspecified atom stereocenters. The Morgan fingerprint density at radius 3 is 2.61 bits per heavy atom. The SMILES string of the molecule is Cc1cc(C)cc(NC(N)=NCc2ccccc2OCCN2CCOCC2)c1. The highest BCUT2D eigenvalue weighted by Gasteiger charge is 2.10. The first-order valence-corrected chi connectivity index (χ1v) is 9.76. The van der Waals surface area contributed by atoms with E-state index in [-0.39, 0.29) is 0 Å².